The van der Waals surface area contributed by atoms with Gasteiger partial charge in [-0.05, 0) is 72.1 Å². The van der Waals surface area contributed by atoms with Gasteiger partial charge in [-0.25, -0.2) is 26.7 Å². The van der Waals surface area contributed by atoms with Crippen LogP contribution in [0.15, 0.2) is 65.6 Å². The summed E-state index contributed by atoms with van der Waals surface area (Å²) < 4.78 is 59.1. The molecule has 1 aliphatic rings. The zero-order valence-corrected chi connectivity index (χ0v) is 23.2. The van der Waals surface area contributed by atoms with Gasteiger partial charge in [-0.15, -0.1) is 0 Å². The van der Waals surface area contributed by atoms with Crippen molar-refractivity contribution >= 4 is 21.7 Å². The van der Waals surface area contributed by atoms with E-state index in [4.69, 9.17) is 4.74 Å². The summed E-state index contributed by atoms with van der Waals surface area (Å²) in [7, 11) is -0.748. The van der Waals surface area contributed by atoms with Gasteiger partial charge in [-0.1, -0.05) is 44.5 Å². The second-order valence-corrected chi connectivity index (χ2v) is 11.8. The molecule has 1 atom stereocenters. The number of fused-ring (bicyclic) bond motifs is 1. The first-order chi connectivity index (χ1) is 18.5. The van der Waals surface area contributed by atoms with E-state index in [0.717, 1.165) is 29.7 Å². The van der Waals surface area contributed by atoms with Crippen LogP contribution in [0.25, 0.3) is 11.1 Å². The minimum Gasteiger partial charge on any atom is -0.497 e. The molecule has 39 heavy (non-hydrogen) atoms. The minimum absolute atomic E-state index is 0.104. The number of carbonyl (C=O) groups excluding carboxylic acids is 1. The SMILES string of the molecule is CCCC1(C)CN(C(=O)NCc2ccc(S(=O)(=O)NC)cc2)c2ccc(-c3ccc(OC)cc3C(F)F)cc21. The number of carbonyl (C=O) groups is 1. The molecule has 0 fully saturated rings. The fraction of sp³-hybridized carbons (Fsp3) is 0.345. The summed E-state index contributed by atoms with van der Waals surface area (Å²) in [5.41, 5.74) is 3.07. The minimum atomic E-state index is -3.54. The Morgan fingerprint density at radius 2 is 1.82 bits per heavy atom. The van der Waals surface area contributed by atoms with Crippen molar-refractivity contribution in [1.82, 2.24) is 10.0 Å². The molecule has 3 aromatic carbocycles. The van der Waals surface area contributed by atoms with Crippen LogP contribution in [0.1, 0.15) is 49.8 Å². The van der Waals surface area contributed by atoms with Gasteiger partial charge in [0, 0.05) is 29.8 Å². The number of rotatable bonds is 9. The van der Waals surface area contributed by atoms with Gasteiger partial charge in [0.25, 0.3) is 6.43 Å². The van der Waals surface area contributed by atoms with Crippen molar-refractivity contribution in [2.45, 2.75) is 50.0 Å². The lowest BCUT2D eigenvalue weighted by Gasteiger charge is -2.25. The highest BCUT2D eigenvalue weighted by Crippen LogP contribution is 2.46. The first-order valence-electron chi connectivity index (χ1n) is 12.7. The summed E-state index contributed by atoms with van der Waals surface area (Å²) in [6.07, 6.45) is -0.957. The van der Waals surface area contributed by atoms with Crippen molar-refractivity contribution in [2.75, 3.05) is 25.6 Å². The molecule has 1 aliphatic heterocycles. The van der Waals surface area contributed by atoms with E-state index in [1.54, 1.807) is 35.2 Å². The molecule has 1 unspecified atom stereocenters. The topological polar surface area (TPSA) is 87.7 Å². The van der Waals surface area contributed by atoms with Crippen LogP contribution in [0.2, 0.25) is 0 Å². The summed E-state index contributed by atoms with van der Waals surface area (Å²) in [5.74, 6) is 0.368. The highest BCUT2D eigenvalue weighted by Gasteiger charge is 2.41. The first kappa shape index (κ1) is 28.5. The number of nitrogens with one attached hydrogen (secondary N) is 2. The third-order valence-electron chi connectivity index (χ3n) is 7.24. The third kappa shape index (κ3) is 5.77. The molecule has 2 amide bonds. The monoisotopic (exact) mass is 557 g/mol. The molecule has 0 aliphatic carbocycles. The smallest absolute Gasteiger partial charge is 0.322 e. The van der Waals surface area contributed by atoms with Gasteiger partial charge in [0.1, 0.15) is 5.75 Å². The number of ether oxygens (including phenoxy) is 1. The molecule has 0 saturated carbocycles. The molecular formula is C29H33F2N3O4S. The molecule has 0 bridgehead atoms. The fourth-order valence-electron chi connectivity index (χ4n) is 5.18. The van der Waals surface area contributed by atoms with Crippen LogP contribution in [0.4, 0.5) is 19.3 Å². The van der Waals surface area contributed by atoms with E-state index in [1.165, 1.54) is 32.4 Å². The Kier molecular flexibility index (Phi) is 8.27. The van der Waals surface area contributed by atoms with Gasteiger partial charge in [0.05, 0.1) is 12.0 Å². The van der Waals surface area contributed by atoms with Crippen molar-refractivity contribution in [3.05, 3.63) is 77.4 Å². The van der Waals surface area contributed by atoms with Crippen LogP contribution in [0.5, 0.6) is 5.75 Å². The Bertz CT molecular complexity index is 1460. The van der Waals surface area contributed by atoms with Crippen molar-refractivity contribution in [2.24, 2.45) is 0 Å². The van der Waals surface area contributed by atoms with E-state index in [9.17, 15) is 22.0 Å². The van der Waals surface area contributed by atoms with Gasteiger partial charge in [-0.2, -0.15) is 0 Å². The maximum atomic E-state index is 13.9. The van der Waals surface area contributed by atoms with Crippen LogP contribution in [-0.2, 0) is 22.0 Å². The molecule has 0 spiro atoms. The number of hydrogen-bond acceptors (Lipinski definition) is 4. The number of benzene rings is 3. The summed E-state index contributed by atoms with van der Waals surface area (Å²) >= 11 is 0. The predicted molar refractivity (Wildman–Crippen MR) is 148 cm³/mol. The summed E-state index contributed by atoms with van der Waals surface area (Å²) in [4.78, 5) is 15.1. The van der Waals surface area contributed by atoms with Gasteiger partial charge >= 0.3 is 6.03 Å². The second-order valence-electron chi connectivity index (χ2n) is 9.89. The Morgan fingerprint density at radius 1 is 1.10 bits per heavy atom. The summed E-state index contributed by atoms with van der Waals surface area (Å²) in [6.45, 7) is 4.84. The van der Waals surface area contributed by atoms with Crippen LogP contribution in [-0.4, -0.2) is 35.2 Å². The van der Waals surface area contributed by atoms with Crippen LogP contribution in [0, 0.1) is 0 Å². The zero-order valence-electron chi connectivity index (χ0n) is 22.4. The second kappa shape index (κ2) is 11.3. The molecule has 208 valence electrons. The quantitative estimate of drug-likeness (QED) is 0.338. The number of urea groups is 1. The Hall–Kier alpha value is -3.50. The third-order valence-corrected chi connectivity index (χ3v) is 8.67. The fourth-order valence-corrected chi connectivity index (χ4v) is 5.91. The predicted octanol–water partition coefficient (Wildman–Crippen LogP) is 6.00. The van der Waals surface area contributed by atoms with E-state index in [-0.39, 0.29) is 28.4 Å². The number of amides is 2. The largest absolute Gasteiger partial charge is 0.497 e. The standard InChI is InChI=1S/C29H33F2N3O4S/c1-5-14-29(2)18-34(28(35)33-17-19-6-10-22(11-7-19)39(36,37)32-3)26-13-8-20(15-25(26)29)23-12-9-21(38-4)16-24(23)27(30)31/h6-13,15-16,27,32H,5,14,17-18H2,1-4H3,(H,33,35). The van der Waals surface area contributed by atoms with Crippen LogP contribution in [0.3, 0.4) is 0 Å². The molecule has 10 heteroatoms. The first-order valence-corrected chi connectivity index (χ1v) is 14.2. The van der Waals surface area contributed by atoms with E-state index >= 15 is 0 Å². The molecule has 0 saturated heterocycles. The number of alkyl halides is 2. The average Bonchev–Trinajstić information content (AvgIpc) is 3.23. The van der Waals surface area contributed by atoms with Crippen molar-refractivity contribution in [1.29, 1.82) is 0 Å². The van der Waals surface area contributed by atoms with Gasteiger partial charge in [0.15, 0.2) is 0 Å². The maximum Gasteiger partial charge on any atom is 0.322 e. The summed E-state index contributed by atoms with van der Waals surface area (Å²) in [6, 6.07) is 16.2. The molecule has 3 aromatic rings. The highest BCUT2D eigenvalue weighted by atomic mass is 32.2. The zero-order chi connectivity index (χ0) is 28.4. The number of anilines is 1. The van der Waals surface area contributed by atoms with E-state index in [0.29, 0.717) is 23.4 Å². The van der Waals surface area contributed by atoms with E-state index < -0.39 is 16.4 Å². The Morgan fingerprint density at radius 3 is 2.44 bits per heavy atom. The number of hydrogen-bond donors (Lipinski definition) is 2. The number of nitrogens with zero attached hydrogens (tertiary/aromatic N) is 1. The van der Waals surface area contributed by atoms with Gasteiger partial charge in [0.2, 0.25) is 10.0 Å². The number of halogens is 2. The molecule has 2 N–H and O–H groups in total. The van der Waals surface area contributed by atoms with Crippen LogP contribution >= 0.6 is 0 Å². The molecule has 0 radical (unpaired) electrons. The Labute approximate surface area is 228 Å². The number of sulfonamides is 1. The van der Waals surface area contributed by atoms with Crippen molar-refractivity contribution in [3.63, 3.8) is 0 Å². The Balaban J connectivity index is 1.61. The van der Waals surface area contributed by atoms with Crippen molar-refractivity contribution in [3.8, 4) is 16.9 Å². The molecule has 1 heterocycles. The molecule has 4 rings (SSSR count). The molecule has 0 aromatic heterocycles. The normalized spacial score (nSPS) is 16.8. The lowest BCUT2D eigenvalue weighted by Crippen LogP contribution is -2.41. The number of methoxy groups -OCH3 is 1. The van der Waals surface area contributed by atoms with E-state index in [2.05, 4.69) is 23.9 Å². The lowest BCUT2D eigenvalue weighted by molar-refractivity contribution is 0.151. The van der Waals surface area contributed by atoms with Gasteiger partial charge in [-0.3, -0.25) is 4.90 Å². The lowest BCUT2D eigenvalue weighted by atomic mass is 9.79. The molecular weight excluding hydrogens is 524 g/mol. The average molecular weight is 558 g/mol. The maximum absolute atomic E-state index is 13.9. The van der Waals surface area contributed by atoms with E-state index in [1.807, 2.05) is 12.1 Å². The highest BCUT2D eigenvalue weighted by molar-refractivity contribution is 7.89. The summed E-state index contributed by atoms with van der Waals surface area (Å²) in [5, 5.41) is 2.93. The molecule has 7 nitrogen and oxygen atoms in total. The van der Waals surface area contributed by atoms with Gasteiger partial charge < -0.3 is 10.1 Å². The van der Waals surface area contributed by atoms with Crippen molar-refractivity contribution < 1.29 is 26.7 Å². The van der Waals surface area contributed by atoms with Crippen LogP contribution < -0.4 is 19.7 Å².